The molecule has 2 aromatic rings. The molecule has 0 N–H and O–H groups in total. The molecular weight excluding hydrogens is 264 g/mol. The number of hydrogen-bond acceptors (Lipinski definition) is 4. The minimum atomic E-state index is 0.500. The summed E-state index contributed by atoms with van der Waals surface area (Å²) < 4.78 is 7.22. The topological polar surface area (TPSA) is 63.7 Å². The van der Waals surface area contributed by atoms with E-state index in [-0.39, 0.29) is 0 Å². The molecule has 0 amide bonds. The number of imidazole rings is 1. The minimum absolute atomic E-state index is 0.500. The van der Waals surface area contributed by atoms with Crippen LogP contribution in [-0.2, 0) is 11.3 Å². The van der Waals surface area contributed by atoms with Gasteiger partial charge in [-0.2, -0.15) is 5.26 Å². The van der Waals surface area contributed by atoms with Crippen molar-refractivity contribution < 1.29 is 4.74 Å². The van der Waals surface area contributed by atoms with Crippen LogP contribution in [0.4, 0.5) is 0 Å². The average Bonchev–Trinajstić information content (AvgIpc) is 2.92. The first-order valence-corrected chi connectivity index (χ1v) is 6.39. The van der Waals surface area contributed by atoms with E-state index in [0.29, 0.717) is 36.9 Å². The molecule has 0 aliphatic carbocycles. The van der Waals surface area contributed by atoms with Crippen LogP contribution in [0.5, 0.6) is 0 Å². The summed E-state index contributed by atoms with van der Waals surface area (Å²) in [6.07, 6.45) is 5.21. The fourth-order valence-corrected chi connectivity index (χ4v) is 1.69. The summed E-state index contributed by atoms with van der Waals surface area (Å²) in [7, 11) is 0. The Morgan fingerprint density at radius 3 is 3.00 bits per heavy atom. The molecule has 0 aliphatic heterocycles. The van der Waals surface area contributed by atoms with Crippen LogP contribution in [-0.4, -0.2) is 33.6 Å². The zero-order valence-electron chi connectivity index (χ0n) is 10.3. The second-order valence-electron chi connectivity index (χ2n) is 3.84. The van der Waals surface area contributed by atoms with Crippen molar-refractivity contribution in [2.24, 2.45) is 0 Å². The first-order valence-electron chi connectivity index (χ1n) is 5.85. The standard InChI is InChI=1S/C13H13ClN4O/c14-2-5-19-6-4-18-9-13(17-10-18)12-7-11(8-15)1-3-16-12/h1,3,7,9-10H,2,4-6H2. The Bertz CT molecular complexity index is 576. The predicted molar refractivity (Wildman–Crippen MR) is 71.7 cm³/mol. The molecule has 0 saturated carbocycles. The summed E-state index contributed by atoms with van der Waals surface area (Å²) in [6.45, 7) is 1.85. The van der Waals surface area contributed by atoms with E-state index in [9.17, 15) is 0 Å². The largest absolute Gasteiger partial charge is 0.378 e. The maximum Gasteiger partial charge on any atom is 0.107 e. The SMILES string of the molecule is N#Cc1ccnc(-c2cn(CCOCCCl)cn2)c1. The van der Waals surface area contributed by atoms with Crippen LogP contribution in [0.3, 0.4) is 0 Å². The molecule has 98 valence electrons. The van der Waals surface area contributed by atoms with Crippen molar-refractivity contribution in [3.05, 3.63) is 36.4 Å². The highest BCUT2D eigenvalue weighted by Gasteiger charge is 2.04. The molecule has 0 spiro atoms. The Kier molecular flexibility index (Phi) is 4.90. The van der Waals surface area contributed by atoms with Crippen molar-refractivity contribution in [1.82, 2.24) is 14.5 Å². The average molecular weight is 277 g/mol. The van der Waals surface area contributed by atoms with Crippen molar-refractivity contribution in [2.75, 3.05) is 19.1 Å². The van der Waals surface area contributed by atoms with Crippen molar-refractivity contribution in [1.29, 1.82) is 5.26 Å². The van der Waals surface area contributed by atoms with Gasteiger partial charge in [0.25, 0.3) is 0 Å². The molecule has 6 heteroatoms. The monoisotopic (exact) mass is 276 g/mol. The zero-order valence-corrected chi connectivity index (χ0v) is 11.0. The van der Waals surface area contributed by atoms with Gasteiger partial charge in [-0.1, -0.05) is 0 Å². The molecule has 5 nitrogen and oxygen atoms in total. The van der Waals surface area contributed by atoms with Crippen molar-refractivity contribution in [3.63, 3.8) is 0 Å². The third-order valence-corrected chi connectivity index (χ3v) is 2.65. The van der Waals surface area contributed by atoms with Gasteiger partial charge >= 0.3 is 0 Å². The first kappa shape index (κ1) is 13.5. The second kappa shape index (κ2) is 6.88. The first-order chi connectivity index (χ1) is 9.33. The lowest BCUT2D eigenvalue weighted by atomic mass is 10.2. The van der Waals surface area contributed by atoms with Crippen molar-refractivity contribution >= 4 is 11.6 Å². The van der Waals surface area contributed by atoms with E-state index in [1.165, 1.54) is 0 Å². The van der Waals surface area contributed by atoms with Crippen LogP contribution >= 0.6 is 11.6 Å². The Morgan fingerprint density at radius 2 is 2.21 bits per heavy atom. The van der Waals surface area contributed by atoms with E-state index >= 15 is 0 Å². The van der Waals surface area contributed by atoms with E-state index in [4.69, 9.17) is 21.6 Å². The molecule has 0 atom stereocenters. The molecule has 0 radical (unpaired) electrons. The number of nitrogens with zero attached hydrogens (tertiary/aromatic N) is 4. The van der Waals surface area contributed by atoms with Crippen LogP contribution in [0, 0.1) is 11.3 Å². The molecule has 0 fully saturated rings. The Hall–Kier alpha value is -1.90. The summed E-state index contributed by atoms with van der Waals surface area (Å²) >= 11 is 5.52. The molecule has 0 unspecified atom stereocenters. The van der Waals surface area contributed by atoms with Gasteiger partial charge in [0.15, 0.2) is 0 Å². The van der Waals surface area contributed by atoms with Gasteiger partial charge in [-0.3, -0.25) is 4.98 Å². The summed E-state index contributed by atoms with van der Waals surface area (Å²) in [5.74, 6) is 0.500. The molecule has 2 heterocycles. The number of halogens is 1. The van der Waals surface area contributed by atoms with Crippen LogP contribution in [0.25, 0.3) is 11.4 Å². The van der Waals surface area contributed by atoms with E-state index in [2.05, 4.69) is 16.0 Å². The van der Waals surface area contributed by atoms with Gasteiger partial charge in [0.2, 0.25) is 0 Å². The quantitative estimate of drug-likeness (QED) is 0.598. The Morgan fingerprint density at radius 1 is 1.32 bits per heavy atom. The fraction of sp³-hybridized carbons (Fsp3) is 0.308. The highest BCUT2D eigenvalue weighted by atomic mass is 35.5. The fourth-order valence-electron chi connectivity index (χ4n) is 1.58. The summed E-state index contributed by atoms with van der Waals surface area (Å²) in [5.41, 5.74) is 2.01. The Balaban J connectivity index is 2.02. The van der Waals surface area contributed by atoms with Crippen LogP contribution in [0.1, 0.15) is 5.56 Å². The maximum atomic E-state index is 8.85. The van der Waals surface area contributed by atoms with Crippen molar-refractivity contribution in [2.45, 2.75) is 6.54 Å². The van der Waals surface area contributed by atoms with Gasteiger partial charge in [-0.15, -0.1) is 11.6 Å². The highest BCUT2D eigenvalue weighted by molar-refractivity contribution is 6.17. The van der Waals surface area contributed by atoms with E-state index in [1.54, 1.807) is 24.7 Å². The number of rotatable bonds is 6. The third-order valence-electron chi connectivity index (χ3n) is 2.50. The molecule has 0 aliphatic rings. The zero-order chi connectivity index (χ0) is 13.5. The normalized spacial score (nSPS) is 10.3. The number of nitriles is 1. The molecular formula is C13H13ClN4O. The molecule has 2 aromatic heterocycles. The van der Waals surface area contributed by atoms with Crippen LogP contribution in [0.2, 0.25) is 0 Å². The minimum Gasteiger partial charge on any atom is -0.378 e. The summed E-state index contributed by atoms with van der Waals surface area (Å²) in [5, 5.41) is 8.85. The summed E-state index contributed by atoms with van der Waals surface area (Å²) in [6, 6.07) is 5.47. The lowest BCUT2D eigenvalue weighted by Gasteiger charge is -2.02. The maximum absolute atomic E-state index is 8.85. The molecule has 0 bridgehead atoms. The van der Waals surface area contributed by atoms with Gasteiger partial charge in [-0.25, -0.2) is 4.98 Å². The highest BCUT2D eigenvalue weighted by Crippen LogP contribution is 2.15. The molecule has 2 rings (SSSR count). The second-order valence-corrected chi connectivity index (χ2v) is 4.22. The lowest BCUT2D eigenvalue weighted by Crippen LogP contribution is -2.05. The molecule has 19 heavy (non-hydrogen) atoms. The van der Waals surface area contributed by atoms with Crippen LogP contribution in [0.15, 0.2) is 30.9 Å². The molecule has 0 saturated heterocycles. The predicted octanol–water partition coefficient (Wildman–Crippen LogP) is 2.07. The number of alkyl halides is 1. The van der Waals surface area contributed by atoms with Gasteiger partial charge in [0.05, 0.1) is 36.9 Å². The smallest absolute Gasteiger partial charge is 0.107 e. The van der Waals surface area contributed by atoms with Gasteiger partial charge < -0.3 is 9.30 Å². The van der Waals surface area contributed by atoms with Gasteiger partial charge in [0, 0.05) is 24.8 Å². The van der Waals surface area contributed by atoms with Crippen LogP contribution < -0.4 is 0 Å². The lowest BCUT2D eigenvalue weighted by molar-refractivity contribution is 0.140. The van der Waals surface area contributed by atoms with E-state index < -0.39 is 0 Å². The number of aromatic nitrogens is 3. The number of ether oxygens (including phenoxy) is 1. The Labute approximate surface area is 116 Å². The number of pyridine rings is 1. The third kappa shape index (κ3) is 3.78. The van der Waals surface area contributed by atoms with Gasteiger partial charge in [0.1, 0.15) is 5.69 Å². The van der Waals surface area contributed by atoms with E-state index in [0.717, 1.165) is 5.69 Å². The van der Waals surface area contributed by atoms with Crippen molar-refractivity contribution in [3.8, 4) is 17.5 Å². The number of hydrogen-bond donors (Lipinski definition) is 0. The molecule has 0 aromatic carbocycles. The van der Waals surface area contributed by atoms with Gasteiger partial charge in [-0.05, 0) is 12.1 Å². The summed E-state index contributed by atoms with van der Waals surface area (Å²) in [4.78, 5) is 8.48. The van der Waals surface area contributed by atoms with E-state index in [1.807, 2.05) is 10.8 Å².